The van der Waals surface area contributed by atoms with Crippen molar-refractivity contribution in [1.29, 1.82) is 0 Å². The van der Waals surface area contributed by atoms with Gasteiger partial charge in [-0.25, -0.2) is 0 Å². The molecule has 0 aliphatic rings. The third-order valence-electron chi connectivity index (χ3n) is 4.59. The Morgan fingerprint density at radius 1 is 1.13 bits per heavy atom. The van der Waals surface area contributed by atoms with E-state index in [-0.39, 0.29) is 16.3 Å². The molecule has 2 aromatic rings. The SMILES string of the molecule is C#Cc1ccc([S+](C)COc2cccc(CN(CC)C/C=C/C#CC(C)(C)C)c2)cc1. The van der Waals surface area contributed by atoms with E-state index < -0.39 is 0 Å². The predicted octanol–water partition coefficient (Wildman–Crippen LogP) is 5.74. The monoisotopic (exact) mass is 432 g/mol. The molecular weight excluding hydrogens is 398 g/mol. The number of likely N-dealkylation sites (N-methyl/N-ethyl adjacent to an activating group) is 1. The molecule has 0 aliphatic heterocycles. The summed E-state index contributed by atoms with van der Waals surface area (Å²) in [6, 6.07) is 16.6. The highest BCUT2D eigenvalue weighted by Crippen LogP contribution is 2.18. The van der Waals surface area contributed by atoms with Crippen molar-refractivity contribution in [1.82, 2.24) is 4.90 Å². The van der Waals surface area contributed by atoms with Crippen molar-refractivity contribution in [3.8, 4) is 29.9 Å². The van der Waals surface area contributed by atoms with Gasteiger partial charge in [0.25, 0.3) is 5.94 Å². The number of allylic oxidation sites excluding steroid dienone is 1. The Kier molecular flexibility index (Phi) is 9.80. The van der Waals surface area contributed by atoms with Crippen molar-refractivity contribution in [2.24, 2.45) is 5.41 Å². The number of nitrogens with zero attached hydrogens (tertiary/aromatic N) is 1. The van der Waals surface area contributed by atoms with Crippen LogP contribution in [0, 0.1) is 29.6 Å². The molecule has 31 heavy (non-hydrogen) atoms. The third-order valence-corrected chi connectivity index (χ3v) is 6.14. The van der Waals surface area contributed by atoms with Crippen LogP contribution in [0.5, 0.6) is 5.75 Å². The highest BCUT2D eigenvalue weighted by atomic mass is 32.2. The van der Waals surface area contributed by atoms with Crippen LogP contribution in [-0.2, 0) is 17.4 Å². The summed E-state index contributed by atoms with van der Waals surface area (Å²) < 4.78 is 6.10. The molecule has 2 rings (SSSR count). The summed E-state index contributed by atoms with van der Waals surface area (Å²) in [5, 5.41) is 0. The summed E-state index contributed by atoms with van der Waals surface area (Å²) in [4.78, 5) is 3.64. The number of ether oxygens (including phenoxy) is 1. The molecule has 0 N–H and O–H groups in total. The van der Waals surface area contributed by atoms with E-state index in [0.29, 0.717) is 5.94 Å². The van der Waals surface area contributed by atoms with Gasteiger partial charge in [-0.3, -0.25) is 4.90 Å². The van der Waals surface area contributed by atoms with Gasteiger partial charge >= 0.3 is 0 Å². The normalized spacial score (nSPS) is 12.3. The second kappa shape index (κ2) is 12.3. The van der Waals surface area contributed by atoms with Gasteiger partial charge in [0, 0.05) is 24.1 Å². The first-order valence-electron chi connectivity index (χ1n) is 10.6. The second-order valence-corrected chi connectivity index (χ2v) is 10.4. The largest absolute Gasteiger partial charge is 0.448 e. The van der Waals surface area contributed by atoms with E-state index in [0.717, 1.165) is 30.9 Å². The summed E-state index contributed by atoms with van der Waals surface area (Å²) >= 11 is 0. The third kappa shape index (κ3) is 9.39. The summed E-state index contributed by atoms with van der Waals surface area (Å²) in [5.41, 5.74) is 2.20. The lowest BCUT2D eigenvalue weighted by Gasteiger charge is -2.18. The van der Waals surface area contributed by atoms with E-state index in [4.69, 9.17) is 11.2 Å². The van der Waals surface area contributed by atoms with Crippen molar-refractivity contribution in [3.05, 3.63) is 71.8 Å². The molecule has 0 aromatic heterocycles. The van der Waals surface area contributed by atoms with Crippen LogP contribution < -0.4 is 4.74 Å². The first-order chi connectivity index (χ1) is 14.8. The maximum atomic E-state index is 6.10. The lowest BCUT2D eigenvalue weighted by Crippen LogP contribution is -2.22. The minimum atomic E-state index is 0.000679. The molecule has 0 saturated carbocycles. The van der Waals surface area contributed by atoms with Crippen LogP contribution in [0.4, 0.5) is 0 Å². The molecule has 0 fully saturated rings. The summed E-state index contributed by atoms with van der Waals surface area (Å²) in [7, 11) is 0.000679. The van der Waals surface area contributed by atoms with Gasteiger partial charge in [-0.05, 0) is 75.4 Å². The first kappa shape index (κ1) is 24.7. The highest BCUT2D eigenvalue weighted by molar-refractivity contribution is 7.96. The zero-order valence-electron chi connectivity index (χ0n) is 19.4. The van der Waals surface area contributed by atoms with Crippen LogP contribution in [0.3, 0.4) is 0 Å². The van der Waals surface area contributed by atoms with Crippen LogP contribution in [0.15, 0.2) is 65.6 Å². The van der Waals surface area contributed by atoms with Gasteiger partial charge < -0.3 is 4.74 Å². The Morgan fingerprint density at radius 2 is 1.87 bits per heavy atom. The number of terminal acetylenes is 1. The van der Waals surface area contributed by atoms with E-state index >= 15 is 0 Å². The maximum Gasteiger partial charge on any atom is 0.252 e. The number of hydrogen-bond donors (Lipinski definition) is 0. The van der Waals surface area contributed by atoms with Crippen molar-refractivity contribution in [3.63, 3.8) is 0 Å². The number of rotatable bonds is 9. The van der Waals surface area contributed by atoms with Gasteiger partial charge in [-0.1, -0.05) is 42.9 Å². The maximum absolute atomic E-state index is 6.10. The fourth-order valence-electron chi connectivity index (χ4n) is 2.82. The fraction of sp³-hybridized carbons (Fsp3) is 0.357. The van der Waals surface area contributed by atoms with E-state index in [1.54, 1.807) is 0 Å². The standard InChI is InChI=1S/C28H34NOS/c1-7-24-15-17-27(18-16-24)31(6)23-30-26-14-12-13-25(21-26)22-29(8-2)20-11-9-10-19-28(3,4)5/h1,9,11-18,21H,8,20,22-23H2,2-6H3/q+1/b11-9+. The lowest BCUT2D eigenvalue weighted by molar-refractivity contribution is 0.310. The van der Waals surface area contributed by atoms with Crippen LogP contribution in [-0.4, -0.2) is 30.2 Å². The minimum Gasteiger partial charge on any atom is -0.448 e. The van der Waals surface area contributed by atoms with Crippen LogP contribution in [0.1, 0.15) is 38.8 Å². The molecule has 2 nitrogen and oxygen atoms in total. The molecule has 2 aromatic carbocycles. The quantitative estimate of drug-likeness (QED) is 0.370. The molecule has 0 bridgehead atoms. The van der Waals surface area contributed by atoms with Gasteiger partial charge in [0.15, 0.2) is 4.90 Å². The molecule has 0 heterocycles. The van der Waals surface area contributed by atoms with Gasteiger partial charge in [0.05, 0.1) is 10.9 Å². The molecule has 0 spiro atoms. The fourth-order valence-corrected chi connectivity index (χ4v) is 3.87. The van der Waals surface area contributed by atoms with Crippen LogP contribution in [0.2, 0.25) is 0 Å². The van der Waals surface area contributed by atoms with E-state index in [1.807, 2.05) is 24.3 Å². The van der Waals surface area contributed by atoms with Crippen molar-refractivity contribution in [2.45, 2.75) is 39.1 Å². The summed E-state index contributed by atoms with van der Waals surface area (Å²) in [6.45, 7) is 11.3. The predicted molar refractivity (Wildman–Crippen MR) is 135 cm³/mol. The topological polar surface area (TPSA) is 12.5 Å². The van der Waals surface area contributed by atoms with Crippen molar-refractivity contribution < 1.29 is 4.74 Å². The molecule has 162 valence electrons. The average molecular weight is 433 g/mol. The van der Waals surface area contributed by atoms with Crippen LogP contribution in [0.25, 0.3) is 0 Å². The molecule has 0 radical (unpaired) electrons. The van der Waals surface area contributed by atoms with Gasteiger partial charge in [-0.15, -0.1) is 6.42 Å². The highest BCUT2D eigenvalue weighted by Gasteiger charge is 2.16. The Morgan fingerprint density at radius 3 is 2.52 bits per heavy atom. The molecule has 0 aliphatic carbocycles. The number of hydrogen-bond acceptors (Lipinski definition) is 2. The Hall–Kier alpha value is -2.59. The molecular formula is C28H34NOS+. The Bertz CT molecular complexity index is 951. The zero-order valence-corrected chi connectivity index (χ0v) is 20.3. The molecule has 1 atom stereocenters. The molecule has 0 saturated heterocycles. The van der Waals surface area contributed by atoms with E-state index in [2.05, 4.69) is 93.0 Å². The molecule has 0 amide bonds. The minimum absolute atomic E-state index is 0.000679. The summed E-state index contributed by atoms with van der Waals surface area (Å²) in [6.07, 6.45) is 11.7. The molecule has 3 heteroatoms. The second-order valence-electron chi connectivity index (χ2n) is 8.46. The van der Waals surface area contributed by atoms with Crippen LogP contribution >= 0.6 is 0 Å². The summed E-state index contributed by atoms with van der Waals surface area (Å²) in [5.74, 6) is 10.6. The van der Waals surface area contributed by atoms with Crippen molar-refractivity contribution in [2.75, 3.05) is 25.3 Å². The Balaban J connectivity index is 1.90. The Labute approximate surface area is 192 Å². The van der Waals surface area contributed by atoms with Crippen molar-refractivity contribution >= 4 is 10.9 Å². The lowest BCUT2D eigenvalue weighted by atomic mass is 9.98. The van der Waals surface area contributed by atoms with Gasteiger partial charge in [0.2, 0.25) is 0 Å². The molecule has 1 unspecified atom stereocenters. The smallest absolute Gasteiger partial charge is 0.252 e. The first-order valence-corrected chi connectivity index (χ1v) is 12.4. The van der Waals surface area contributed by atoms with Gasteiger partial charge in [-0.2, -0.15) is 0 Å². The van der Waals surface area contributed by atoms with Gasteiger partial charge in [0.1, 0.15) is 12.0 Å². The van der Waals surface area contributed by atoms with E-state index in [1.165, 1.54) is 10.5 Å². The average Bonchev–Trinajstić information content (AvgIpc) is 2.76. The zero-order chi connectivity index (χ0) is 22.7. The number of benzene rings is 2. The van der Waals surface area contributed by atoms with E-state index in [9.17, 15) is 0 Å².